The smallest absolute Gasteiger partial charge is 0.229 e. The van der Waals surface area contributed by atoms with Gasteiger partial charge in [0.15, 0.2) is 0 Å². The highest BCUT2D eigenvalue weighted by atomic mass is 35.5. The molecule has 1 N–H and O–H groups in total. The number of hydrogen-bond acceptors (Lipinski definition) is 5. The van der Waals surface area contributed by atoms with Crippen molar-refractivity contribution in [1.29, 1.82) is 0 Å². The molecule has 1 aromatic heterocycles. The molecular weight excluding hydrogens is 376 g/mol. The van der Waals surface area contributed by atoms with Crippen LogP contribution in [0.2, 0.25) is 5.02 Å². The average Bonchev–Trinajstić information content (AvgIpc) is 2.77. The Hall–Kier alpha value is -2.28. The maximum atomic E-state index is 12.4. The van der Waals surface area contributed by atoms with E-state index >= 15 is 0 Å². The molecule has 2 aliphatic rings. The highest BCUT2D eigenvalue weighted by Crippen LogP contribution is 2.31. The first kappa shape index (κ1) is 19.1. The van der Waals surface area contributed by atoms with Crippen molar-refractivity contribution in [2.75, 3.05) is 19.6 Å². The zero-order valence-corrected chi connectivity index (χ0v) is 16.7. The van der Waals surface area contributed by atoms with Crippen LogP contribution in [-0.4, -0.2) is 53.5 Å². The lowest BCUT2D eigenvalue weighted by atomic mass is 10.0. The standard InChI is InChI=1S/C21H23ClN4O2/c1-13-10-26(11-14(2)28-13)12-19-24-18-8-16(21-17(22)4-3-7-23-21)6-5-15(18)9-20(27)25-19/h3-8,13-14H,9-12H2,1-2H3,(H,24,25,27)/t13-,14?/m1/s1. The lowest BCUT2D eigenvalue weighted by molar-refractivity contribution is -0.119. The molecule has 28 heavy (non-hydrogen) atoms. The number of aliphatic imine (C=N–C) groups is 1. The van der Waals surface area contributed by atoms with Crippen molar-refractivity contribution in [1.82, 2.24) is 15.2 Å². The largest absolute Gasteiger partial charge is 0.373 e. The Labute approximate surface area is 169 Å². The quantitative estimate of drug-likeness (QED) is 0.862. The number of amidine groups is 1. The molecule has 7 heteroatoms. The second-order valence-corrected chi connectivity index (χ2v) is 7.82. The maximum absolute atomic E-state index is 12.4. The van der Waals surface area contributed by atoms with E-state index in [0.717, 1.165) is 29.9 Å². The molecular formula is C21H23ClN4O2. The van der Waals surface area contributed by atoms with E-state index in [1.807, 2.05) is 24.3 Å². The molecule has 4 rings (SSSR count). The predicted octanol–water partition coefficient (Wildman–Crippen LogP) is 3.21. The van der Waals surface area contributed by atoms with Crippen LogP contribution < -0.4 is 5.32 Å². The van der Waals surface area contributed by atoms with Crippen LogP contribution in [0.1, 0.15) is 19.4 Å². The summed E-state index contributed by atoms with van der Waals surface area (Å²) >= 11 is 6.30. The van der Waals surface area contributed by atoms with E-state index in [4.69, 9.17) is 21.3 Å². The molecule has 0 aliphatic carbocycles. The van der Waals surface area contributed by atoms with E-state index in [-0.39, 0.29) is 18.1 Å². The van der Waals surface area contributed by atoms with Crippen molar-refractivity contribution >= 4 is 29.0 Å². The Morgan fingerprint density at radius 2 is 2.04 bits per heavy atom. The number of carbonyl (C=O) groups is 1. The summed E-state index contributed by atoms with van der Waals surface area (Å²) in [5, 5.41) is 3.55. The zero-order chi connectivity index (χ0) is 19.7. The van der Waals surface area contributed by atoms with Crippen LogP contribution in [0.4, 0.5) is 5.69 Å². The first-order valence-electron chi connectivity index (χ1n) is 9.47. The summed E-state index contributed by atoms with van der Waals surface area (Å²) in [5.74, 6) is 0.616. The van der Waals surface area contributed by atoms with Gasteiger partial charge in [0.1, 0.15) is 5.84 Å². The fourth-order valence-electron chi connectivity index (χ4n) is 3.81. The van der Waals surface area contributed by atoms with Gasteiger partial charge in [-0.2, -0.15) is 0 Å². The van der Waals surface area contributed by atoms with Crippen molar-refractivity contribution in [3.05, 3.63) is 47.1 Å². The number of morpholine rings is 1. The summed E-state index contributed by atoms with van der Waals surface area (Å²) < 4.78 is 5.80. The van der Waals surface area contributed by atoms with Crippen LogP contribution in [0, 0.1) is 0 Å². The van der Waals surface area contributed by atoms with Crippen LogP contribution in [-0.2, 0) is 16.0 Å². The number of fused-ring (bicyclic) bond motifs is 1. The molecule has 0 bridgehead atoms. The van der Waals surface area contributed by atoms with Crippen molar-refractivity contribution in [3.8, 4) is 11.3 Å². The summed E-state index contributed by atoms with van der Waals surface area (Å²) in [7, 11) is 0. The molecule has 0 radical (unpaired) electrons. The number of aromatic nitrogens is 1. The van der Waals surface area contributed by atoms with E-state index in [2.05, 4.69) is 29.0 Å². The Kier molecular flexibility index (Phi) is 5.44. The van der Waals surface area contributed by atoms with Gasteiger partial charge in [0.2, 0.25) is 5.91 Å². The second kappa shape index (κ2) is 7.99. The minimum absolute atomic E-state index is 0.0459. The van der Waals surface area contributed by atoms with Gasteiger partial charge in [0.25, 0.3) is 0 Å². The molecule has 2 aliphatic heterocycles. The van der Waals surface area contributed by atoms with Gasteiger partial charge in [-0.05, 0) is 37.6 Å². The number of hydrogen-bond donors (Lipinski definition) is 1. The number of nitrogens with one attached hydrogen (secondary N) is 1. The van der Waals surface area contributed by atoms with Gasteiger partial charge in [-0.15, -0.1) is 0 Å². The molecule has 1 fully saturated rings. The second-order valence-electron chi connectivity index (χ2n) is 7.41. The van der Waals surface area contributed by atoms with Gasteiger partial charge in [-0.3, -0.25) is 14.7 Å². The molecule has 0 spiro atoms. The molecule has 1 saturated heterocycles. The Morgan fingerprint density at radius 3 is 2.79 bits per heavy atom. The van der Waals surface area contributed by atoms with Gasteiger partial charge in [0.05, 0.1) is 41.6 Å². The Bertz CT molecular complexity index is 920. The summed E-state index contributed by atoms with van der Waals surface area (Å²) in [6.07, 6.45) is 2.34. The van der Waals surface area contributed by atoms with E-state index < -0.39 is 0 Å². The van der Waals surface area contributed by atoms with Crippen LogP contribution in [0.3, 0.4) is 0 Å². The highest BCUT2D eigenvalue weighted by molar-refractivity contribution is 6.33. The van der Waals surface area contributed by atoms with Crippen LogP contribution >= 0.6 is 11.6 Å². The monoisotopic (exact) mass is 398 g/mol. The summed E-state index contributed by atoms with van der Waals surface area (Å²) in [4.78, 5) is 23.8. The van der Waals surface area contributed by atoms with Crippen LogP contribution in [0.25, 0.3) is 11.3 Å². The van der Waals surface area contributed by atoms with E-state index in [0.29, 0.717) is 29.5 Å². The number of benzene rings is 1. The van der Waals surface area contributed by atoms with Gasteiger partial charge in [-0.1, -0.05) is 23.7 Å². The molecule has 2 atom stereocenters. The number of carbonyl (C=O) groups excluding carboxylic acids is 1. The predicted molar refractivity (Wildman–Crippen MR) is 110 cm³/mol. The van der Waals surface area contributed by atoms with E-state index in [1.165, 1.54) is 0 Å². The fourth-order valence-corrected chi connectivity index (χ4v) is 4.05. The fraction of sp³-hybridized carbons (Fsp3) is 0.381. The zero-order valence-electron chi connectivity index (χ0n) is 16.0. The summed E-state index contributed by atoms with van der Waals surface area (Å²) in [6.45, 7) is 6.34. The van der Waals surface area contributed by atoms with Gasteiger partial charge in [-0.25, -0.2) is 4.99 Å². The first-order chi connectivity index (χ1) is 13.5. The average molecular weight is 399 g/mol. The summed E-state index contributed by atoms with van der Waals surface area (Å²) in [6, 6.07) is 9.44. The molecule has 2 aromatic rings. The molecule has 0 saturated carbocycles. The minimum Gasteiger partial charge on any atom is -0.373 e. The third-order valence-electron chi connectivity index (χ3n) is 4.88. The highest BCUT2D eigenvalue weighted by Gasteiger charge is 2.25. The van der Waals surface area contributed by atoms with Gasteiger partial charge >= 0.3 is 0 Å². The van der Waals surface area contributed by atoms with Crippen molar-refractivity contribution < 1.29 is 9.53 Å². The molecule has 3 heterocycles. The lowest BCUT2D eigenvalue weighted by Crippen LogP contribution is -2.49. The number of rotatable bonds is 3. The maximum Gasteiger partial charge on any atom is 0.229 e. The molecule has 1 amide bonds. The first-order valence-corrected chi connectivity index (χ1v) is 9.85. The van der Waals surface area contributed by atoms with Crippen molar-refractivity contribution in [3.63, 3.8) is 0 Å². The third kappa shape index (κ3) is 4.24. The molecule has 6 nitrogen and oxygen atoms in total. The van der Waals surface area contributed by atoms with E-state index in [1.54, 1.807) is 12.3 Å². The molecule has 1 unspecified atom stereocenters. The number of halogens is 1. The SMILES string of the molecule is CC1CN(CC2=Nc3cc(-c4ncccc4Cl)ccc3CC(=O)N2)C[C@@H](C)O1. The Balaban J connectivity index is 1.64. The number of ether oxygens (including phenoxy) is 1. The van der Waals surface area contributed by atoms with Crippen molar-refractivity contribution in [2.45, 2.75) is 32.5 Å². The van der Waals surface area contributed by atoms with Crippen LogP contribution in [0.5, 0.6) is 0 Å². The normalized spacial score (nSPS) is 22.8. The van der Waals surface area contributed by atoms with Crippen LogP contribution in [0.15, 0.2) is 41.5 Å². The van der Waals surface area contributed by atoms with Gasteiger partial charge < -0.3 is 10.1 Å². The van der Waals surface area contributed by atoms with Crippen molar-refractivity contribution in [2.24, 2.45) is 4.99 Å². The number of pyridine rings is 1. The molecule has 146 valence electrons. The van der Waals surface area contributed by atoms with E-state index in [9.17, 15) is 4.79 Å². The third-order valence-corrected chi connectivity index (χ3v) is 5.18. The Morgan fingerprint density at radius 1 is 1.25 bits per heavy atom. The van der Waals surface area contributed by atoms with Gasteiger partial charge in [0, 0.05) is 24.8 Å². The topological polar surface area (TPSA) is 66.8 Å². The molecule has 1 aromatic carbocycles. The summed E-state index contributed by atoms with van der Waals surface area (Å²) in [5.41, 5.74) is 3.27. The number of nitrogens with zero attached hydrogens (tertiary/aromatic N) is 3. The number of amides is 1. The lowest BCUT2D eigenvalue weighted by Gasteiger charge is -2.35. The minimum atomic E-state index is -0.0459.